The van der Waals surface area contributed by atoms with Crippen molar-refractivity contribution in [3.63, 3.8) is 0 Å². The van der Waals surface area contributed by atoms with Gasteiger partial charge in [0.15, 0.2) is 11.5 Å². The first kappa shape index (κ1) is 23.4. The number of amides is 1. The minimum atomic E-state index is -0.479. The summed E-state index contributed by atoms with van der Waals surface area (Å²) in [7, 11) is 0. The van der Waals surface area contributed by atoms with E-state index in [9.17, 15) is 4.79 Å². The van der Waals surface area contributed by atoms with Crippen LogP contribution in [0.1, 0.15) is 50.8 Å². The Morgan fingerprint density at radius 3 is 2.62 bits per heavy atom. The third kappa shape index (κ3) is 4.90. The Bertz CT molecular complexity index is 1180. The molecule has 0 fully saturated rings. The van der Waals surface area contributed by atoms with Crippen LogP contribution in [0.3, 0.4) is 0 Å². The monoisotopic (exact) mass is 461 g/mol. The summed E-state index contributed by atoms with van der Waals surface area (Å²) in [5, 5.41) is 10.6. The van der Waals surface area contributed by atoms with E-state index >= 15 is 0 Å². The first-order valence-electron chi connectivity index (χ1n) is 11.7. The maximum atomic E-state index is 13.5. The largest absolute Gasteiger partial charge is 0.490 e. The van der Waals surface area contributed by atoms with E-state index in [2.05, 4.69) is 27.6 Å². The predicted molar refractivity (Wildman–Crippen MR) is 132 cm³/mol. The summed E-state index contributed by atoms with van der Waals surface area (Å²) >= 11 is 0. The summed E-state index contributed by atoms with van der Waals surface area (Å²) in [6.07, 6.45) is 3.50. The third-order valence-corrected chi connectivity index (χ3v) is 5.69. The SMILES string of the molecule is CCCCOc1ccc(C2C(C(=O)Nc3ccc(C)cc3)=C(C)Nc3ncnn32)cc1OCC. The van der Waals surface area contributed by atoms with Crippen LogP contribution >= 0.6 is 0 Å². The molecule has 1 aliphatic rings. The molecule has 0 saturated carbocycles. The van der Waals surface area contributed by atoms with Gasteiger partial charge in [-0.25, -0.2) is 4.68 Å². The lowest BCUT2D eigenvalue weighted by Crippen LogP contribution is -2.31. The highest BCUT2D eigenvalue weighted by Gasteiger charge is 2.34. The van der Waals surface area contributed by atoms with Gasteiger partial charge in [-0.15, -0.1) is 0 Å². The molecule has 8 heteroatoms. The van der Waals surface area contributed by atoms with E-state index in [0.29, 0.717) is 36.2 Å². The smallest absolute Gasteiger partial charge is 0.255 e. The third-order valence-electron chi connectivity index (χ3n) is 5.69. The van der Waals surface area contributed by atoms with E-state index in [1.807, 2.05) is 63.2 Å². The minimum absolute atomic E-state index is 0.207. The first-order valence-corrected chi connectivity index (χ1v) is 11.7. The van der Waals surface area contributed by atoms with E-state index in [-0.39, 0.29) is 5.91 Å². The van der Waals surface area contributed by atoms with Crippen LogP contribution in [-0.2, 0) is 4.79 Å². The van der Waals surface area contributed by atoms with Crippen molar-refractivity contribution in [2.24, 2.45) is 0 Å². The molecule has 1 aromatic heterocycles. The molecular weight excluding hydrogens is 430 g/mol. The molecule has 2 heterocycles. The van der Waals surface area contributed by atoms with Crippen LogP contribution in [0.15, 0.2) is 60.1 Å². The second-order valence-corrected chi connectivity index (χ2v) is 8.26. The second kappa shape index (κ2) is 10.4. The van der Waals surface area contributed by atoms with Gasteiger partial charge in [0.2, 0.25) is 5.95 Å². The van der Waals surface area contributed by atoms with Gasteiger partial charge in [-0.1, -0.05) is 37.1 Å². The minimum Gasteiger partial charge on any atom is -0.490 e. The zero-order chi connectivity index (χ0) is 24.1. The van der Waals surface area contributed by atoms with Crippen molar-refractivity contribution >= 4 is 17.5 Å². The summed E-state index contributed by atoms with van der Waals surface area (Å²) in [6.45, 7) is 9.08. The van der Waals surface area contributed by atoms with Crippen LogP contribution in [-0.4, -0.2) is 33.9 Å². The molecule has 34 heavy (non-hydrogen) atoms. The lowest BCUT2D eigenvalue weighted by molar-refractivity contribution is -0.113. The van der Waals surface area contributed by atoms with Gasteiger partial charge in [-0.3, -0.25) is 4.79 Å². The summed E-state index contributed by atoms with van der Waals surface area (Å²) in [5.74, 6) is 1.71. The van der Waals surface area contributed by atoms with Crippen molar-refractivity contribution in [2.75, 3.05) is 23.8 Å². The predicted octanol–water partition coefficient (Wildman–Crippen LogP) is 5.09. The molecule has 0 aliphatic carbocycles. The van der Waals surface area contributed by atoms with Gasteiger partial charge < -0.3 is 20.1 Å². The van der Waals surface area contributed by atoms with Crippen LogP contribution in [0.25, 0.3) is 0 Å². The Morgan fingerprint density at radius 1 is 1.09 bits per heavy atom. The summed E-state index contributed by atoms with van der Waals surface area (Å²) in [6, 6.07) is 13.0. The number of ether oxygens (including phenoxy) is 2. The van der Waals surface area contributed by atoms with Crippen LogP contribution < -0.4 is 20.1 Å². The fourth-order valence-electron chi connectivity index (χ4n) is 3.94. The van der Waals surface area contributed by atoms with Crippen molar-refractivity contribution in [3.05, 3.63) is 71.2 Å². The molecule has 1 amide bonds. The Morgan fingerprint density at radius 2 is 1.88 bits per heavy atom. The lowest BCUT2D eigenvalue weighted by atomic mass is 9.94. The molecule has 3 aromatic rings. The number of rotatable bonds is 9. The summed E-state index contributed by atoms with van der Waals surface area (Å²) in [5.41, 5.74) is 3.99. The number of carbonyl (C=O) groups is 1. The fraction of sp³-hybridized carbons (Fsp3) is 0.346. The van der Waals surface area contributed by atoms with Crippen molar-refractivity contribution in [3.8, 4) is 11.5 Å². The van der Waals surface area contributed by atoms with Gasteiger partial charge in [-0.2, -0.15) is 10.1 Å². The van der Waals surface area contributed by atoms with Crippen molar-refractivity contribution in [2.45, 2.75) is 46.6 Å². The Kier molecular flexibility index (Phi) is 7.15. The van der Waals surface area contributed by atoms with Crippen LogP contribution in [0, 0.1) is 6.92 Å². The zero-order valence-corrected chi connectivity index (χ0v) is 20.1. The van der Waals surface area contributed by atoms with Crippen molar-refractivity contribution in [1.29, 1.82) is 0 Å². The molecule has 1 unspecified atom stereocenters. The van der Waals surface area contributed by atoms with Gasteiger partial charge in [0.05, 0.1) is 18.8 Å². The van der Waals surface area contributed by atoms with E-state index in [0.717, 1.165) is 35.4 Å². The molecule has 8 nitrogen and oxygen atoms in total. The lowest BCUT2D eigenvalue weighted by Gasteiger charge is -2.29. The average molecular weight is 462 g/mol. The van der Waals surface area contributed by atoms with Gasteiger partial charge in [0.25, 0.3) is 5.91 Å². The van der Waals surface area contributed by atoms with Gasteiger partial charge in [0, 0.05) is 11.4 Å². The highest BCUT2D eigenvalue weighted by atomic mass is 16.5. The van der Waals surface area contributed by atoms with Gasteiger partial charge >= 0.3 is 0 Å². The standard InChI is InChI=1S/C26H31N5O3/c1-5-7-14-34-21-13-10-19(15-22(21)33-6-2)24-23(18(4)29-26-27-16-28-31(24)26)25(32)30-20-11-8-17(3)9-12-20/h8-13,15-16,24H,5-7,14H2,1-4H3,(H,30,32)(H,27,28,29). The number of hydrogen-bond donors (Lipinski definition) is 2. The summed E-state index contributed by atoms with van der Waals surface area (Å²) < 4.78 is 13.6. The molecular formula is C26H31N5O3. The van der Waals surface area contributed by atoms with Crippen molar-refractivity contribution < 1.29 is 14.3 Å². The molecule has 4 rings (SSSR count). The number of unbranched alkanes of at least 4 members (excludes halogenated alkanes) is 1. The van der Waals surface area contributed by atoms with E-state index < -0.39 is 6.04 Å². The zero-order valence-electron chi connectivity index (χ0n) is 20.1. The fourth-order valence-corrected chi connectivity index (χ4v) is 3.94. The number of aryl methyl sites for hydroxylation is 1. The molecule has 0 bridgehead atoms. The maximum Gasteiger partial charge on any atom is 0.255 e. The second-order valence-electron chi connectivity index (χ2n) is 8.26. The molecule has 1 aliphatic heterocycles. The molecule has 1 atom stereocenters. The molecule has 2 aromatic carbocycles. The molecule has 0 spiro atoms. The number of nitrogens with zero attached hydrogens (tertiary/aromatic N) is 3. The number of nitrogens with one attached hydrogen (secondary N) is 2. The number of allylic oxidation sites excluding steroid dienone is 1. The summed E-state index contributed by atoms with van der Waals surface area (Å²) in [4.78, 5) is 17.8. The van der Waals surface area contributed by atoms with E-state index in [4.69, 9.17) is 9.47 Å². The maximum absolute atomic E-state index is 13.5. The normalized spacial score (nSPS) is 14.9. The van der Waals surface area contributed by atoms with Crippen LogP contribution in [0.4, 0.5) is 11.6 Å². The molecule has 178 valence electrons. The highest BCUT2D eigenvalue weighted by Crippen LogP contribution is 2.39. The van der Waals surface area contributed by atoms with Gasteiger partial charge in [-0.05, 0) is 57.0 Å². The number of anilines is 2. The highest BCUT2D eigenvalue weighted by molar-refractivity contribution is 6.06. The Balaban J connectivity index is 1.72. The number of fused-ring (bicyclic) bond motifs is 1. The van der Waals surface area contributed by atoms with Crippen LogP contribution in [0.2, 0.25) is 0 Å². The van der Waals surface area contributed by atoms with E-state index in [1.165, 1.54) is 6.33 Å². The Hall–Kier alpha value is -3.81. The van der Waals surface area contributed by atoms with E-state index in [1.54, 1.807) is 4.68 Å². The first-order chi connectivity index (χ1) is 16.5. The number of aromatic nitrogens is 3. The molecule has 0 saturated heterocycles. The number of benzene rings is 2. The average Bonchev–Trinajstić information content (AvgIpc) is 3.29. The quantitative estimate of drug-likeness (QED) is 0.431. The van der Waals surface area contributed by atoms with Gasteiger partial charge in [0.1, 0.15) is 12.4 Å². The topological polar surface area (TPSA) is 90.3 Å². The van der Waals surface area contributed by atoms with Crippen molar-refractivity contribution in [1.82, 2.24) is 14.8 Å². The Labute approximate surface area is 200 Å². The number of carbonyl (C=O) groups excluding carboxylic acids is 1. The molecule has 0 radical (unpaired) electrons. The van der Waals surface area contributed by atoms with Crippen LogP contribution in [0.5, 0.6) is 11.5 Å². The number of hydrogen-bond acceptors (Lipinski definition) is 6. The molecule has 2 N–H and O–H groups in total.